The Morgan fingerprint density at radius 3 is 2.36 bits per heavy atom. The average molecular weight is 404 g/mol. The highest BCUT2D eigenvalue weighted by Gasteiger charge is 2.44. The first-order valence-corrected chi connectivity index (χ1v) is 9.10. The zero-order valence-electron chi connectivity index (χ0n) is 15.4. The summed E-state index contributed by atoms with van der Waals surface area (Å²) in [6.07, 6.45) is 0. The van der Waals surface area contributed by atoms with E-state index in [4.69, 9.17) is 11.6 Å². The lowest BCUT2D eigenvalue weighted by Crippen LogP contribution is -2.42. The summed E-state index contributed by atoms with van der Waals surface area (Å²) in [6.45, 7) is 2.97. The molecule has 4 amide bonds. The Labute approximate surface area is 166 Å². The number of urea groups is 1. The molecular weight excluding hydrogens is 385 g/mol. The number of carbonyl (C=O) groups is 3. The average Bonchev–Trinajstić information content (AvgIpc) is 2.86. The maximum atomic E-state index is 13.1. The molecule has 2 unspecified atom stereocenters. The lowest BCUT2D eigenvalue weighted by molar-refractivity contribution is -0.132. The van der Waals surface area contributed by atoms with E-state index in [1.54, 1.807) is 38.1 Å². The van der Waals surface area contributed by atoms with Crippen LogP contribution in [0, 0.1) is 5.82 Å². The van der Waals surface area contributed by atoms with Crippen molar-refractivity contribution in [2.45, 2.75) is 25.9 Å². The summed E-state index contributed by atoms with van der Waals surface area (Å²) in [4.78, 5) is 39.7. The van der Waals surface area contributed by atoms with Gasteiger partial charge in [-0.2, -0.15) is 0 Å². The molecule has 1 heterocycles. The van der Waals surface area contributed by atoms with Crippen LogP contribution in [0.1, 0.15) is 25.5 Å². The highest BCUT2D eigenvalue weighted by Crippen LogP contribution is 2.26. The third-order valence-electron chi connectivity index (χ3n) is 4.60. The first-order valence-electron chi connectivity index (χ1n) is 8.73. The third-order valence-corrected chi connectivity index (χ3v) is 4.85. The number of anilines is 1. The van der Waals surface area contributed by atoms with Gasteiger partial charge in [-0.3, -0.25) is 19.4 Å². The summed E-state index contributed by atoms with van der Waals surface area (Å²) in [5.74, 6) is -1.39. The van der Waals surface area contributed by atoms with E-state index < -0.39 is 36.2 Å². The van der Waals surface area contributed by atoms with Gasteiger partial charge in [0.15, 0.2) is 0 Å². The van der Waals surface area contributed by atoms with Gasteiger partial charge in [-0.05, 0) is 55.8 Å². The van der Waals surface area contributed by atoms with Crippen LogP contribution in [0.25, 0.3) is 0 Å². The van der Waals surface area contributed by atoms with Crippen LogP contribution in [0.2, 0.25) is 5.02 Å². The van der Waals surface area contributed by atoms with Gasteiger partial charge < -0.3 is 5.32 Å². The van der Waals surface area contributed by atoms with Gasteiger partial charge in [-0.1, -0.05) is 23.7 Å². The van der Waals surface area contributed by atoms with Gasteiger partial charge in [-0.25, -0.2) is 9.18 Å². The minimum Gasteiger partial charge on any atom is -0.348 e. The predicted octanol–water partition coefficient (Wildman–Crippen LogP) is 3.51. The van der Waals surface area contributed by atoms with Crippen molar-refractivity contribution in [1.82, 2.24) is 10.2 Å². The van der Waals surface area contributed by atoms with Crippen LogP contribution in [0.3, 0.4) is 0 Å². The van der Waals surface area contributed by atoms with Crippen LogP contribution in [0.4, 0.5) is 14.9 Å². The van der Waals surface area contributed by atoms with Gasteiger partial charge in [0.2, 0.25) is 5.91 Å². The Morgan fingerprint density at radius 1 is 1.14 bits per heavy atom. The quantitative estimate of drug-likeness (QED) is 0.776. The van der Waals surface area contributed by atoms with E-state index in [2.05, 4.69) is 5.32 Å². The SMILES string of the molecule is CC(NC(=O)CN1C(=O)C(C)N(c2ccc(F)cc2)C1=O)c1ccc(Cl)cc1. The van der Waals surface area contributed by atoms with Crippen molar-refractivity contribution < 1.29 is 18.8 Å². The molecule has 0 saturated carbocycles. The summed E-state index contributed by atoms with van der Waals surface area (Å²) < 4.78 is 13.1. The van der Waals surface area contributed by atoms with Gasteiger partial charge in [0, 0.05) is 10.7 Å². The number of rotatable bonds is 5. The van der Waals surface area contributed by atoms with Gasteiger partial charge in [0.25, 0.3) is 5.91 Å². The second-order valence-corrected chi connectivity index (χ2v) is 7.01. The standard InChI is InChI=1S/C20H19ClFN3O3/c1-12(14-3-5-15(21)6-4-14)23-18(26)11-24-19(27)13(2)25(20(24)28)17-9-7-16(22)8-10-17/h3-10,12-13H,11H2,1-2H3,(H,23,26). The van der Waals surface area contributed by atoms with Crippen molar-refractivity contribution in [1.29, 1.82) is 0 Å². The zero-order valence-corrected chi connectivity index (χ0v) is 16.1. The Balaban J connectivity index is 1.68. The highest BCUT2D eigenvalue weighted by atomic mass is 35.5. The molecule has 0 radical (unpaired) electrons. The van der Waals surface area contributed by atoms with Gasteiger partial charge in [0.05, 0.1) is 6.04 Å². The molecule has 28 heavy (non-hydrogen) atoms. The van der Waals surface area contributed by atoms with E-state index in [1.807, 2.05) is 0 Å². The number of benzene rings is 2. The fraction of sp³-hybridized carbons (Fsp3) is 0.250. The molecule has 1 aliphatic heterocycles. The van der Waals surface area contributed by atoms with Crippen molar-refractivity contribution in [3.63, 3.8) is 0 Å². The van der Waals surface area contributed by atoms with Crippen LogP contribution in [0.15, 0.2) is 48.5 Å². The first kappa shape index (κ1) is 19.8. The maximum absolute atomic E-state index is 13.1. The maximum Gasteiger partial charge on any atom is 0.332 e. The monoisotopic (exact) mass is 403 g/mol. The zero-order chi connectivity index (χ0) is 20.4. The number of halogens is 2. The minimum atomic E-state index is -0.778. The molecule has 2 aromatic carbocycles. The van der Waals surface area contributed by atoms with Gasteiger partial charge >= 0.3 is 6.03 Å². The topological polar surface area (TPSA) is 69.7 Å². The number of carbonyl (C=O) groups excluding carboxylic acids is 3. The molecule has 6 nitrogen and oxygen atoms in total. The Kier molecular flexibility index (Phi) is 5.65. The summed E-state index contributed by atoms with van der Waals surface area (Å²) in [6, 6.07) is 10.6. The molecule has 0 aliphatic carbocycles. The van der Waals surface area contributed by atoms with Crippen molar-refractivity contribution in [2.24, 2.45) is 0 Å². The summed E-state index contributed by atoms with van der Waals surface area (Å²) in [5.41, 5.74) is 1.24. The molecule has 1 N–H and O–H groups in total. The van der Waals surface area contributed by atoms with Crippen molar-refractivity contribution in [3.8, 4) is 0 Å². The Bertz CT molecular complexity index is 902. The Hall–Kier alpha value is -2.93. The molecule has 2 atom stereocenters. The van der Waals surface area contributed by atoms with Crippen LogP contribution in [0.5, 0.6) is 0 Å². The number of hydrogen-bond acceptors (Lipinski definition) is 3. The number of hydrogen-bond donors (Lipinski definition) is 1. The molecular formula is C20H19ClFN3O3. The van der Waals surface area contributed by atoms with Crippen molar-refractivity contribution in [2.75, 3.05) is 11.4 Å². The summed E-state index contributed by atoms with van der Waals surface area (Å²) >= 11 is 5.86. The van der Waals surface area contributed by atoms with Gasteiger partial charge in [-0.15, -0.1) is 0 Å². The van der Waals surface area contributed by atoms with Crippen LogP contribution in [-0.4, -0.2) is 35.3 Å². The second-order valence-electron chi connectivity index (χ2n) is 6.57. The molecule has 2 aromatic rings. The molecule has 1 aliphatic rings. The first-order chi connectivity index (χ1) is 13.3. The molecule has 3 rings (SSSR count). The largest absolute Gasteiger partial charge is 0.348 e. The molecule has 146 valence electrons. The lowest BCUT2D eigenvalue weighted by Gasteiger charge is -2.20. The fourth-order valence-electron chi connectivity index (χ4n) is 3.07. The number of amides is 4. The molecule has 0 spiro atoms. The number of imide groups is 1. The van der Waals surface area contributed by atoms with E-state index >= 15 is 0 Å². The van der Waals surface area contributed by atoms with E-state index in [9.17, 15) is 18.8 Å². The van der Waals surface area contributed by atoms with E-state index in [0.717, 1.165) is 10.5 Å². The van der Waals surface area contributed by atoms with E-state index in [1.165, 1.54) is 29.2 Å². The van der Waals surface area contributed by atoms with Crippen LogP contribution in [-0.2, 0) is 9.59 Å². The molecule has 1 fully saturated rings. The van der Waals surface area contributed by atoms with Crippen molar-refractivity contribution in [3.05, 3.63) is 64.9 Å². The molecule has 0 aromatic heterocycles. The predicted molar refractivity (Wildman–Crippen MR) is 103 cm³/mol. The van der Waals surface area contributed by atoms with Gasteiger partial charge in [0.1, 0.15) is 18.4 Å². The van der Waals surface area contributed by atoms with Crippen molar-refractivity contribution >= 4 is 35.1 Å². The van der Waals surface area contributed by atoms with E-state index in [-0.39, 0.29) is 6.04 Å². The van der Waals surface area contributed by atoms with Crippen LogP contribution >= 0.6 is 11.6 Å². The molecule has 1 saturated heterocycles. The Morgan fingerprint density at radius 2 is 1.75 bits per heavy atom. The van der Waals surface area contributed by atoms with E-state index in [0.29, 0.717) is 10.7 Å². The highest BCUT2D eigenvalue weighted by molar-refractivity contribution is 6.30. The fourth-order valence-corrected chi connectivity index (χ4v) is 3.20. The number of nitrogens with one attached hydrogen (secondary N) is 1. The van der Waals surface area contributed by atoms with Crippen LogP contribution < -0.4 is 10.2 Å². The summed E-state index contributed by atoms with van der Waals surface area (Å²) in [5, 5.41) is 3.35. The minimum absolute atomic E-state index is 0.316. The third kappa shape index (κ3) is 3.99. The molecule has 8 heteroatoms. The number of nitrogens with zero attached hydrogens (tertiary/aromatic N) is 2. The second kappa shape index (κ2) is 7.98. The lowest BCUT2D eigenvalue weighted by atomic mass is 10.1. The summed E-state index contributed by atoms with van der Waals surface area (Å²) in [7, 11) is 0. The molecule has 0 bridgehead atoms. The normalized spacial score (nSPS) is 17.8. The smallest absolute Gasteiger partial charge is 0.332 e.